The summed E-state index contributed by atoms with van der Waals surface area (Å²) in [5, 5.41) is 14.1. The highest BCUT2D eigenvalue weighted by atomic mass is 16.4. The predicted octanol–water partition coefficient (Wildman–Crippen LogP) is 3.06. The lowest BCUT2D eigenvalue weighted by Crippen LogP contribution is -2.45. The van der Waals surface area contributed by atoms with Crippen molar-refractivity contribution in [3.63, 3.8) is 0 Å². The summed E-state index contributed by atoms with van der Waals surface area (Å²) in [5.41, 5.74) is 5.80. The summed E-state index contributed by atoms with van der Waals surface area (Å²) in [6.07, 6.45) is 4.44. The average Bonchev–Trinajstić information content (AvgIpc) is 3.20. The van der Waals surface area contributed by atoms with E-state index in [1.165, 1.54) is 10.5 Å². The third-order valence-corrected chi connectivity index (χ3v) is 5.66. The fraction of sp³-hybridized carbons (Fsp3) is 0.476. The number of amides is 1. The number of aromatic nitrogens is 2. The Hall–Kier alpha value is -2.63. The van der Waals surface area contributed by atoms with E-state index in [4.69, 9.17) is 5.10 Å². The molecule has 1 unspecified atom stereocenters. The maximum Gasteiger partial charge on any atom is 0.326 e. The van der Waals surface area contributed by atoms with Crippen LogP contribution in [0.3, 0.4) is 0 Å². The van der Waals surface area contributed by atoms with Gasteiger partial charge in [0.05, 0.1) is 5.69 Å². The summed E-state index contributed by atoms with van der Waals surface area (Å²) < 4.78 is 1.90. The Bertz CT molecular complexity index is 927. The first-order valence-electron chi connectivity index (χ1n) is 9.62. The van der Waals surface area contributed by atoms with Gasteiger partial charge in [0.15, 0.2) is 5.69 Å². The molecule has 1 heterocycles. The number of carboxylic acid groups (broad SMARTS) is 1. The highest BCUT2D eigenvalue weighted by Crippen LogP contribution is 2.34. The Morgan fingerprint density at radius 3 is 2.63 bits per heavy atom. The van der Waals surface area contributed by atoms with Crippen molar-refractivity contribution in [3.8, 4) is 5.69 Å². The molecule has 1 atom stereocenters. The molecule has 6 heteroatoms. The van der Waals surface area contributed by atoms with Crippen LogP contribution in [0.1, 0.15) is 59.1 Å². The van der Waals surface area contributed by atoms with Crippen molar-refractivity contribution in [2.24, 2.45) is 0 Å². The average molecular weight is 367 g/mol. The highest BCUT2D eigenvalue weighted by molar-refractivity contribution is 5.97. The summed E-state index contributed by atoms with van der Waals surface area (Å²) >= 11 is 0. The Morgan fingerprint density at radius 2 is 2.00 bits per heavy atom. The summed E-state index contributed by atoms with van der Waals surface area (Å²) in [7, 11) is 0. The van der Waals surface area contributed by atoms with Gasteiger partial charge >= 0.3 is 5.97 Å². The van der Waals surface area contributed by atoms with E-state index in [1.54, 1.807) is 6.92 Å². The SMILES string of the molecule is Cc1ccc(-n2nc(C(=O)N(C3CC3)C(C)C(=O)O)c3c2CCC3)c(C)c1. The van der Waals surface area contributed by atoms with E-state index in [2.05, 4.69) is 26.0 Å². The Balaban J connectivity index is 1.78. The maximum atomic E-state index is 13.3. The first kappa shape index (κ1) is 17.8. The normalized spacial score (nSPS) is 16.9. The van der Waals surface area contributed by atoms with E-state index >= 15 is 0 Å². The van der Waals surface area contributed by atoms with Crippen LogP contribution in [0.4, 0.5) is 0 Å². The standard InChI is InChI=1S/C21H25N3O3/c1-12-7-10-17(13(2)11-12)24-18-6-4-5-16(18)19(22-24)20(25)23(15-8-9-15)14(3)21(26)27/h7,10-11,14-15H,4-6,8-9H2,1-3H3,(H,26,27). The van der Waals surface area contributed by atoms with E-state index < -0.39 is 12.0 Å². The molecule has 0 radical (unpaired) electrons. The van der Waals surface area contributed by atoms with Crippen LogP contribution < -0.4 is 0 Å². The van der Waals surface area contributed by atoms with Gasteiger partial charge in [-0.05, 0) is 64.5 Å². The van der Waals surface area contributed by atoms with Crippen molar-refractivity contribution in [1.29, 1.82) is 0 Å². The van der Waals surface area contributed by atoms with Gasteiger partial charge in [0.1, 0.15) is 6.04 Å². The van der Waals surface area contributed by atoms with Crippen LogP contribution in [0.2, 0.25) is 0 Å². The number of nitrogens with zero attached hydrogens (tertiary/aromatic N) is 3. The minimum Gasteiger partial charge on any atom is -0.480 e. The van der Waals surface area contributed by atoms with Crippen molar-refractivity contribution >= 4 is 11.9 Å². The number of hydrogen-bond donors (Lipinski definition) is 1. The zero-order valence-electron chi connectivity index (χ0n) is 16.0. The molecule has 27 heavy (non-hydrogen) atoms. The molecule has 0 saturated heterocycles. The first-order valence-corrected chi connectivity index (χ1v) is 9.62. The second-order valence-corrected chi connectivity index (χ2v) is 7.79. The number of hydrogen-bond acceptors (Lipinski definition) is 3. The number of carbonyl (C=O) groups is 2. The molecule has 2 aliphatic carbocycles. The summed E-state index contributed by atoms with van der Waals surface area (Å²) in [6.45, 7) is 5.69. The molecule has 1 fully saturated rings. The van der Waals surface area contributed by atoms with Gasteiger partial charge in [-0.25, -0.2) is 9.48 Å². The Morgan fingerprint density at radius 1 is 1.26 bits per heavy atom. The quantitative estimate of drug-likeness (QED) is 0.881. The minimum atomic E-state index is -0.972. The van der Waals surface area contributed by atoms with Crippen molar-refractivity contribution in [2.75, 3.05) is 0 Å². The van der Waals surface area contributed by atoms with Crippen molar-refractivity contribution in [3.05, 3.63) is 46.3 Å². The second kappa shape index (κ2) is 6.51. The molecular formula is C21H25N3O3. The summed E-state index contributed by atoms with van der Waals surface area (Å²) in [5.74, 6) is -1.21. The topological polar surface area (TPSA) is 75.4 Å². The highest BCUT2D eigenvalue weighted by Gasteiger charge is 2.41. The Labute approximate surface area is 158 Å². The van der Waals surface area contributed by atoms with Crippen LogP contribution in [0.15, 0.2) is 18.2 Å². The summed E-state index contributed by atoms with van der Waals surface area (Å²) in [6, 6.07) is 5.39. The molecule has 2 aromatic rings. The van der Waals surface area contributed by atoms with Crippen molar-refractivity contribution < 1.29 is 14.7 Å². The van der Waals surface area contributed by atoms with Gasteiger partial charge in [-0.2, -0.15) is 5.10 Å². The minimum absolute atomic E-state index is 0.0203. The molecule has 0 bridgehead atoms. The number of aliphatic carboxylic acids is 1. The van der Waals surface area contributed by atoms with Gasteiger partial charge in [0.2, 0.25) is 0 Å². The Kier molecular flexibility index (Phi) is 4.29. The predicted molar refractivity (Wildman–Crippen MR) is 101 cm³/mol. The van der Waals surface area contributed by atoms with E-state index in [1.807, 2.05) is 10.7 Å². The monoisotopic (exact) mass is 367 g/mol. The van der Waals surface area contributed by atoms with Crippen LogP contribution in [0.25, 0.3) is 5.69 Å². The fourth-order valence-electron chi connectivity index (χ4n) is 4.10. The number of fused-ring (bicyclic) bond motifs is 1. The second-order valence-electron chi connectivity index (χ2n) is 7.79. The molecule has 1 saturated carbocycles. The number of rotatable bonds is 5. The van der Waals surface area contributed by atoms with Gasteiger partial charge in [-0.3, -0.25) is 4.79 Å². The van der Waals surface area contributed by atoms with Crippen molar-refractivity contribution in [1.82, 2.24) is 14.7 Å². The molecule has 1 N–H and O–H groups in total. The van der Waals surface area contributed by atoms with Gasteiger partial charge in [-0.15, -0.1) is 0 Å². The van der Waals surface area contributed by atoms with Crippen LogP contribution >= 0.6 is 0 Å². The zero-order valence-corrected chi connectivity index (χ0v) is 16.0. The van der Waals surface area contributed by atoms with Crippen LogP contribution in [0.5, 0.6) is 0 Å². The van der Waals surface area contributed by atoms with E-state index in [0.717, 1.165) is 54.6 Å². The molecule has 1 aromatic carbocycles. The molecule has 1 amide bonds. The maximum absolute atomic E-state index is 13.3. The zero-order chi connectivity index (χ0) is 19.3. The lowest BCUT2D eigenvalue weighted by atomic mass is 10.1. The number of benzene rings is 1. The lowest BCUT2D eigenvalue weighted by molar-refractivity contribution is -0.141. The van der Waals surface area contributed by atoms with Gasteiger partial charge in [0, 0.05) is 17.3 Å². The van der Waals surface area contributed by atoms with Crippen LogP contribution in [-0.4, -0.2) is 43.7 Å². The van der Waals surface area contributed by atoms with E-state index in [9.17, 15) is 14.7 Å². The molecular weight excluding hydrogens is 342 g/mol. The molecule has 2 aliphatic rings. The molecule has 0 spiro atoms. The van der Waals surface area contributed by atoms with E-state index in [0.29, 0.717) is 5.69 Å². The molecule has 0 aliphatic heterocycles. The van der Waals surface area contributed by atoms with Crippen LogP contribution in [-0.2, 0) is 17.6 Å². The van der Waals surface area contributed by atoms with Gasteiger partial charge in [0.25, 0.3) is 5.91 Å². The van der Waals surface area contributed by atoms with Crippen molar-refractivity contribution in [2.45, 2.75) is 65.0 Å². The molecule has 142 valence electrons. The van der Waals surface area contributed by atoms with Gasteiger partial charge < -0.3 is 10.0 Å². The van der Waals surface area contributed by atoms with Gasteiger partial charge in [-0.1, -0.05) is 17.7 Å². The first-order chi connectivity index (χ1) is 12.9. The lowest BCUT2D eigenvalue weighted by Gasteiger charge is -2.26. The number of carboxylic acids is 1. The number of carbonyl (C=O) groups excluding carboxylic acids is 1. The smallest absolute Gasteiger partial charge is 0.326 e. The van der Waals surface area contributed by atoms with Crippen LogP contribution in [0, 0.1) is 13.8 Å². The van der Waals surface area contributed by atoms with E-state index in [-0.39, 0.29) is 11.9 Å². The molecule has 6 nitrogen and oxygen atoms in total. The number of aryl methyl sites for hydroxylation is 2. The third kappa shape index (κ3) is 3.03. The largest absolute Gasteiger partial charge is 0.480 e. The third-order valence-electron chi connectivity index (χ3n) is 5.66. The fourth-order valence-corrected chi connectivity index (χ4v) is 4.10. The molecule has 1 aromatic heterocycles. The molecule has 4 rings (SSSR count). The summed E-state index contributed by atoms with van der Waals surface area (Å²) in [4.78, 5) is 26.4.